The first-order valence-electron chi connectivity index (χ1n) is 8.39. The van der Waals surface area contributed by atoms with Gasteiger partial charge in [0.15, 0.2) is 0 Å². The minimum atomic E-state index is 0. The molecular formula is C23H23Cl2N3Y2-2. The summed E-state index contributed by atoms with van der Waals surface area (Å²) in [5, 5.41) is 2.54. The molecule has 3 nitrogen and oxygen atoms in total. The van der Waals surface area contributed by atoms with Crippen LogP contribution < -0.4 is 0 Å². The van der Waals surface area contributed by atoms with E-state index in [0.29, 0.717) is 0 Å². The second-order valence-corrected chi connectivity index (χ2v) is 7.22. The number of rotatable bonds is 4. The molecule has 0 aliphatic carbocycles. The molecule has 0 fully saturated rings. The van der Waals surface area contributed by atoms with Crippen LogP contribution in [0.1, 0.15) is 22.6 Å². The Hall–Kier alpha value is -0.152. The van der Waals surface area contributed by atoms with Crippen molar-refractivity contribution >= 4 is 34.2 Å². The summed E-state index contributed by atoms with van der Waals surface area (Å²) >= 11 is 12.0. The minimum absolute atomic E-state index is 0. The van der Waals surface area contributed by atoms with Crippen LogP contribution in [0.2, 0.25) is 10.0 Å². The van der Waals surface area contributed by atoms with Crippen molar-refractivity contribution in [1.29, 1.82) is 0 Å². The van der Waals surface area contributed by atoms with E-state index in [2.05, 4.69) is 32.7 Å². The molecule has 0 saturated heterocycles. The first-order chi connectivity index (χ1) is 12.6. The van der Waals surface area contributed by atoms with Gasteiger partial charge in [0.2, 0.25) is 0 Å². The number of aryl methyl sites for hydroxylation is 1. The number of hydrogen-bond donors (Lipinski definition) is 0. The van der Waals surface area contributed by atoms with Gasteiger partial charge < -0.3 is 19.4 Å². The largest absolute Gasteiger partial charge is 0.358 e. The van der Waals surface area contributed by atoms with E-state index >= 15 is 0 Å². The summed E-state index contributed by atoms with van der Waals surface area (Å²) in [6, 6.07) is 18.1. The first kappa shape index (κ1) is 29.8. The fourth-order valence-electron chi connectivity index (χ4n) is 3.09. The maximum absolute atomic E-state index is 6.02. The van der Waals surface area contributed by atoms with Crippen LogP contribution in [-0.2, 0) is 78.4 Å². The van der Waals surface area contributed by atoms with Gasteiger partial charge in [0.25, 0.3) is 0 Å². The molecule has 2 aromatic carbocycles. The van der Waals surface area contributed by atoms with Crippen molar-refractivity contribution in [2.75, 3.05) is 0 Å². The average Bonchev–Trinajstić information content (AvgIpc) is 2.95. The zero-order valence-corrected chi connectivity index (χ0v) is 24.6. The summed E-state index contributed by atoms with van der Waals surface area (Å²) < 4.78 is 2.25. The van der Waals surface area contributed by atoms with Gasteiger partial charge in [-0.25, -0.2) is 9.97 Å². The van der Waals surface area contributed by atoms with E-state index in [1.165, 1.54) is 16.8 Å². The van der Waals surface area contributed by atoms with Crippen LogP contribution in [0.3, 0.4) is 0 Å². The van der Waals surface area contributed by atoms with E-state index in [4.69, 9.17) is 23.2 Å². The van der Waals surface area contributed by atoms with Crippen LogP contribution in [-0.4, -0.2) is 14.5 Å². The molecule has 2 aromatic heterocycles. The van der Waals surface area contributed by atoms with E-state index in [1.807, 2.05) is 49.5 Å². The topological polar surface area (TPSA) is 30.7 Å². The zero-order valence-electron chi connectivity index (χ0n) is 17.4. The molecule has 0 atom stereocenters. The monoisotopic (exact) mass is 589 g/mol. The Morgan fingerprint density at radius 2 is 1.37 bits per heavy atom. The molecule has 0 aliphatic rings. The van der Waals surface area contributed by atoms with Crippen molar-refractivity contribution in [1.82, 2.24) is 14.5 Å². The second-order valence-electron chi connectivity index (χ2n) is 6.35. The number of fused-ring (bicyclic) bond motifs is 1. The second kappa shape index (κ2) is 13.4. The molecule has 4 aromatic rings. The molecule has 152 valence electrons. The molecule has 0 N–H and O–H groups in total. The predicted molar refractivity (Wildman–Crippen MR) is 120 cm³/mol. The van der Waals surface area contributed by atoms with Crippen LogP contribution in [0.5, 0.6) is 0 Å². The SMILES string of the molecule is Cc1ncc2cc(Cc3ccc(Cl)cc3)n(Cc3ccc(Cl)cc3)c2n1.[CH3-].[CH3-].[Y].[Y]. The van der Waals surface area contributed by atoms with Gasteiger partial charge in [0.1, 0.15) is 11.5 Å². The van der Waals surface area contributed by atoms with E-state index in [0.717, 1.165) is 39.9 Å². The standard InChI is InChI=1S/C21H17Cl2N3.2CH3.2Y/c1-14-24-12-17-11-20(10-15-2-6-18(22)7-3-15)26(21(17)25-14)13-16-4-8-19(23)9-5-16;;;;/h2-9,11-12H,10,13H2,1H3;2*1H3;;/q;2*-1;;. The third kappa shape index (κ3) is 7.19. The maximum Gasteiger partial charge on any atom is 0.144 e. The minimum Gasteiger partial charge on any atom is -0.358 e. The van der Waals surface area contributed by atoms with Gasteiger partial charge in [-0.2, -0.15) is 0 Å². The van der Waals surface area contributed by atoms with Crippen LogP contribution in [0.15, 0.2) is 60.8 Å². The van der Waals surface area contributed by atoms with Crippen LogP contribution >= 0.6 is 23.2 Å². The Morgan fingerprint density at radius 1 is 0.833 bits per heavy atom. The number of aromatic nitrogens is 3. The fourth-order valence-corrected chi connectivity index (χ4v) is 3.34. The van der Waals surface area contributed by atoms with Crippen molar-refractivity contribution in [2.24, 2.45) is 0 Å². The maximum atomic E-state index is 6.02. The van der Waals surface area contributed by atoms with Gasteiger partial charge >= 0.3 is 0 Å². The number of nitrogens with zero attached hydrogens (tertiary/aromatic N) is 3. The molecule has 0 saturated carbocycles. The molecule has 7 heteroatoms. The summed E-state index contributed by atoms with van der Waals surface area (Å²) in [5.74, 6) is 0.769. The first-order valence-corrected chi connectivity index (χ1v) is 9.15. The molecule has 30 heavy (non-hydrogen) atoms. The summed E-state index contributed by atoms with van der Waals surface area (Å²) in [6.07, 6.45) is 2.70. The van der Waals surface area contributed by atoms with Crippen molar-refractivity contribution in [3.05, 3.63) is 108 Å². The van der Waals surface area contributed by atoms with Gasteiger partial charge in [-0.05, 0) is 48.4 Å². The van der Waals surface area contributed by atoms with Gasteiger partial charge in [0.05, 0.1) is 0 Å². The molecule has 0 unspecified atom stereocenters. The third-order valence-corrected chi connectivity index (χ3v) is 4.90. The molecular weight excluding hydrogens is 567 g/mol. The van der Waals surface area contributed by atoms with Crippen molar-refractivity contribution in [3.63, 3.8) is 0 Å². The van der Waals surface area contributed by atoms with E-state index in [-0.39, 0.29) is 80.3 Å². The van der Waals surface area contributed by atoms with Crippen LogP contribution in [0.25, 0.3) is 11.0 Å². The average molecular weight is 590 g/mol. The Morgan fingerprint density at radius 3 is 1.93 bits per heavy atom. The number of hydrogen-bond acceptors (Lipinski definition) is 2. The smallest absolute Gasteiger partial charge is 0.144 e. The summed E-state index contributed by atoms with van der Waals surface area (Å²) in [7, 11) is 0. The molecule has 0 bridgehead atoms. The summed E-state index contributed by atoms with van der Waals surface area (Å²) in [6.45, 7) is 2.65. The van der Waals surface area contributed by atoms with E-state index in [1.54, 1.807) is 0 Å². The predicted octanol–water partition coefficient (Wildman–Crippen LogP) is 6.58. The van der Waals surface area contributed by atoms with Crippen molar-refractivity contribution in [2.45, 2.75) is 19.9 Å². The number of benzene rings is 2. The van der Waals surface area contributed by atoms with Gasteiger partial charge in [-0.1, -0.05) is 47.5 Å². The Kier molecular flexibility index (Phi) is 13.3. The molecule has 4 rings (SSSR count). The van der Waals surface area contributed by atoms with E-state index in [9.17, 15) is 0 Å². The molecule has 2 heterocycles. The fraction of sp³-hybridized carbons (Fsp3) is 0.130. The Balaban J connectivity index is 0.00000210. The zero-order chi connectivity index (χ0) is 18.1. The van der Waals surface area contributed by atoms with E-state index < -0.39 is 0 Å². The normalized spacial score (nSPS) is 9.70. The Bertz CT molecular complexity index is 1060. The van der Waals surface area contributed by atoms with Gasteiger partial charge in [-0.3, -0.25) is 0 Å². The van der Waals surface area contributed by atoms with Gasteiger partial charge in [0, 0.05) is 106 Å². The molecule has 0 amide bonds. The molecule has 2 radical (unpaired) electrons. The number of halogens is 2. The Labute approximate surface area is 239 Å². The summed E-state index contributed by atoms with van der Waals surface area (Å²) in [5.41, 5.74) is 4.54. The van der Waals surface area contributed by atoms with Crippen molar-refractivity contribution in [3.8, 4) is 0 Å². The van der Waals surface area contributed by atoms with Crippen molar-refractivity contribution < 1.29 is 65.4 Å². The third-order valence-electron chi connectivity index (χ3n) is 4.39. The molecule has 0 aliphatic heterocycles. The summed E-state index contributed by atoms with van der Waals surface area (Å²) in [4.78, 5) is 9.01. The van der Waals surface area contributed by atoms with Gasteiger partial charge in [-0.15, -0.1) is 0 Å². The van der Waals surface area contributed by atoms with Crippen LogP contribution in [0, 0.1) is 21.8 Å². The molecule has 0 spiro atoms. The van der Waals surface area contributed by atoms with Crippen LogP contribution in [0.4, 0.5) is 0 Å². The quantitative estimate of drug-likeness (QED) is 0.252.